The molecule has 7 heteroatoms. The molecule has 2 aromatic heterocycles. The third-order valence-corrected chi connectivity index (χ3v) is 3.86. The van der Waals surface area contributed by atoms with Crippen molar-refractivity contribution in [2.75, 3.05) is 18.2 Å². The lowest BCUT2D eigenvalue weighted by Crippen LogP contribution is -2.00. The second-order valence-electron chi connectivity index (χ2n) is 4.04. The number of halogens is 1. The molecular weight excluding hydrogens is 296 g/mol. The summed E-state index contributed by atoms with van der Waals surface area (Å²) in [6.45, 7) is 0. The van der Waals surface area contributed by atoms with Crippen LogP contribution in [0.3, 0.4) is 0 Å². The molecule has 102 valence electrons. The number of methoxy groups -OCH3 is 1. The Morgan fingerprint density at radius 2 is 2.15 bits per heavy atom. The fraction of sp³-hybridized carbons (Fsp3) is 0.0769. The quantitative estimate of drug-likeness (QED) is 0.772. The average molecular weight is 307 g/mol. The molecule has 0 aliphatic rings. The van der Waals surface area contributed by atoms with Crippen LogP contribution < -0.4 is 15.8 Å². The zero-order valence-corrected chi connectivity index (χ0v) is 12.1. The van der Waals surface area contributed by atoms with Crippen molar-refractivity contribution in [2.24, 2.45) is 0 Å². The standard InChI is InChI=1S/C13H11ClN4OS/c1-19-10-3-2-7(6-9(10)14)16-11-8-4-5-20-12(8)18-13(15)17-11/h2-6H,1H3,(H3,15,16,17,18). The minimum absolute atomic E-state index is 0.238. The van der Waals surface area contributed by atoms with E-state index in [2.05, 4.69) is 15.3 Å². The molecule has 0 bridgehead atoms. The molecule has 0 saturated carbocycles. The Labute approximate surface area is 124 Å². The number of nitrogens with zero attached hydrogens (tertiary/aromatic N) is 2. The fourth-order valence-electron chi connectivity index (χ4n) is 1.85. The summed E-state index contributed by atoms with van der Waals surface area (Å²) in [6.07, 6.45) is 0. The summed E-state index contributed by atoms with van der Waals surface area (Å²) in [4.78, 5) is 9.26. The number of aromatic nitrogens is 2. The zero-order chi connectivity index (χ0) is 14.1. The van der Waals surface area contributed by atoms with Crippen LogP contribution in [0.1, 0.15) is 0 Å². The van der Waals surface area contributed by atoms with Gasteiger partial charge in [0, 0.05) is 5.69 Å². The number of fused-ring (bicyclic) bond motifs is 1. The summed E-state index contributed by atoms with van der Waals surface area (Å²) in [5.41, 5.74) is 6.52. The highest BCUT2D eigenvalue weighted by atomic mass is 35.5. The van der Waals surface area contributed by atoms with E-state index in [1.54, 1.807) is 19.2 Å². The molecule has 0 aliphatic heterocycles. The van der Waals surface area contributed by atoms with Crippen LogP contribution >= 0.6 is 22.9 Å². The van der Waals surface area contributed by atoms with Gasteiger partial charge in [-0.2, -0.15) is 4.98 Å². The first-order chi connectivity index (χ1) is 9.67. The lowest BCUT2D eigenvalue weighted by Gasteiger charge is -2.09. The van der Waals surface area contributed by atoms with E-state index in [9.17, 15) is 0 Å². The Hall–Kier alpha value is -2.05. The van der Waals surface area contributed by atoms with E-state index in [1.165, 1.54) is 11.3 Å². The monoisotopic (exact) mass is 306 g/mol. The molecule has 0 fully saturated rings. The molecule has 0 radical (unpaired) electrons. The molecule has 1 aromatic carbocycles. The van der Waals surface area contributed by atoms with Crippen molar-refractivity contribution in [3.8, 4) is 5.75 Å². The van der Waals surface area contributed by atoms with Crippen molar-refractivity contribution in [3.63, 3.8) is 0 Å². The maximum atomic E-state index is 6.10. The van der Waals surface area contributed by atoms with E-state index in [0.29, 0.717) is 16.6 Å². The van der Waals surface area contributed by atoms with Gasteiger partial charge in [-0.25, -0.2) is 4.98 Å². The minimum Gasteiger partial charge on any atom is -0.495 e. The number of nitrogens with one attached hydrogen (secondary N) is 1. The summed E-state index contributed by atoms with van der Waals surface area (Å²) in [6, 6.07) is 7.38. The number of ether oxygens (including phenoxy) is 1. The van der Waals surface area contributed by atoms with Crippen molar-refractivity contribution >= 4 is 50.6 Å². The van der Waals surface area contributed by atoms with Crippen LogP contribution in [0.15, 0.2) is 29.6 Å². The molecule has 0 spiro atoms. The Kier molecular flexibility index (Phi) is 3.33. The maximum absolute atomic E-state index is 6.10. The van der Waals surface area contributed by atoms with Crippen LogP contribution in [0.25, 0.3) is 10.2 Å². The van der Waals surface area contributed by atoms with Crippen molar-refractivity contribution in [3.05, 3.63) is 34.7 Å². The normalized spacial score (nSPS) is 10.7. The molecule has 0 aliphatic carbocycles. The van der Waals surface area contributed by atoms with Crippen molar-refractivity contribution in [2.45, 2.75) is 0 Å². The maximum Gasteiger partial charge on any atom is 0.223 e. The largest absolute Gasteiger partial charge is 0.495 e. The van der Waals surface area contributed by atoms with Gasteiger partial charge in [0.1, 0.15) is 16.4 Å². The smallest absolute Gasteiger partial charge is 0.223 e. The summed E-state index contributed by atoms with van der Waals surface area (Å²) in [5.74, 6) is 1.53. The van der Waals surface area contributed by atoms with Crippen LogP contribution in [-0.2, 0) is 0 Å². The second kappa shape index (κ2) is 5.15. The van der Waals surface area contributed by atoms with E-state index >= 15 is 0 Å². The van der Waals surface area contributed by atoms with Gasteiger partial charge in [-0.15, -0.1) is 11.3 Å². The summed E-state index contributed by atoms with van der Waals surface area (Å²) in [5, 5.41) is 6.61. The molecule has 0 unspecified atom stereocenters. The number of nitrogen functional groups attached to an aromatic ring is 1. The molecule has 3 aromatic rings. The number of nitrogens with two attached hydrogens (primary N) is 1. The predicted molar refractivity (Wildman–Crippen MR) is 83.1 cm³/mol. The number of thiophene rings is 1. The molecule has 5 nitrogen and oxygen atoms in total. The molecule has 0 saturated heterocycles. The third kappa shape index (κ3) is 2.35. The summed E-state index contributed by atoms with van der Waals surface area (Å²) >= 11 is 7.62. The molecule has 3 rings (SSSR count). The first-order valence-electron chi connectivity index (χ1n) is 5.78. The Balaban J connectivity index is 2.00. The Morgan fingerprint density at radius 1 is 1.30 bits per heavy atom. The Morgan fingerprint density at radius 3 is 2.90 bits per heavy atom. The van der Waals surface area contributed by atoms with E-state index in [-0.39, 0.29) is 5.95 Å². The van der Waals surface area contributed by atoms with Gasteiger partial charge in [0.25, 0.3) is 0 Å². The first kappa shape index (κ1) is 13.0. The number of rotatable bonds is 3. The molecule has 20 heavy (non-hydrogen) atoms. The van der Waals surface area contributed by atoms with Crippen LogP contribution in [0.2, 0.25) is 5.02 Å². The topological polar surface area (TPSA) is 73.1 Å². The van der Waals surface area contributed by atoms with Crippen LogP contribution in [-0.4, -0.2) is 17.1 Å². The van der Waals surface area contributed by atoms with E-state index < -0.39 is 0 Å². The second-order valence-corrected chi connectivity index (χ2v) is 5.35. The SMILES string of the molecule is COc1ccc(Nc2nc(N)nc3sccc23)cc1Cl. The highest BCUT2D eigenvalue weighted by molar-refractivity contribution is 7.16. The zero-order valence-electron chi connectivity index (χ0n) is 10.6. The van der Waals surface area contributed by atoms with Gasteiger partial charge in [0.15, 0.2) is 0 Å². The minimum atomic E-state index is 0.238. The molecule has 0 atom stereocenters. The number of benzene rings is 1. The van der Waals surface area contributed by atoms with Crippen LogP contribution in [0.4, 0.5) is 17.5 Å². The van der Waals surface area contributed by atoms with Gasteiger partial charge >= 0.3 is 0 Å². The van der Waals surface area contributed by atoms with Gasteiger partial charge < -0.3 is 15.8 Å². The molecule has 2 heterocycles. The lowest BCUT2D eigenvalue weighted by atomic mass is 10.3. The van der Waals surface area contributed by atoms with E-state index in [4.69, 9.17) is 22.1 Å². The molecule has 3 N–H and O–H groups in total. The number of hydrogen-bond donors (Lipinski definition) is 2. The van der Waals surface area contributed by atoms with Crippen molar-refractivity contribution in [1.29, 1.82) is 0 Å². The fourth-order valence-corrected chi connectivity index (χ4v) is 2.88. The highest BCUT2D eigenvalue weighted by Gasteiger charge is 2.09. The number of anilines is 3. The summed E-state index contributed by atoms with van der Waals surface area (Å²) in [7, 11) is 1.58. The van der Waals surface area contributed by atoms with Crippen molar-refractivity contribution in [1.82, 2.24) is 9.97 Å². The van der Waals surface area contributed by atoms with Gasteiger partial charge in [0.05, 0.1) is 17.5 Å². The van der Waals surface area contributed by atoms with Crippen LogP contribution in [0.5, 0.6) is 5.75 Å². The molecular formula is C13H11ClN4OS. The van der Waals surface area contributed by atoms with Gasteiger partial charge in [-0.05, 0) is 29.6 Å². The van der Waals surface area contributed by atoms with Crippen LogP contribution in [0, 0.1) is 0 Å². The van der Waals surface area contributed by atoms with Gasteiger partial charge in [-0.3, -0.25) is 0 Å². The average Bonchev–Trinajstić information content (AvgIpc) is 2.87. The predicted octanol–water partition coefficient (Wildman–Crippen LogP) is 3.68. The van der Waals surface area contributed by atoms with Gasteiger partial charge in [0.2, 0.25) is 5.95 Å². The van der Waals surface area contributed by atoms with E-state index in [0.717, 1.165) is 15.9 Å². The first-order valence-corrected chi connectivity index (χ1v) is 7.04. The number of hydrogen-bond acceptors (Lipinski definition) is 6. The lowest BCUT2D eigenvalue weighted by molar-refractivity contribution is 0.415. The third-order valence-electron chi connectivity index (χ3n) is 2.76. The Bertz CT molecular complexity index is 774. The van der Waals surface area contributed by atoms with Gasteiger partial charge in [-0.1, -0.05) is 11.6 Å². The molecule has 0 amide bonds. The van der Waals surface area contributed by atoms with E-state index in [1.807, 2.05) is 17.5 Å². The highest BCUT2D eigenvalue weighted by Crippen LogP contribution is 2.31. The van der Waals surface area contributed by atoms with Crippen molar-refractivity contribution < 1.29 is 4.74 Å². The summed E-state index contributed by atoms with van der Waals surface area (Å²) < 4.78 is 5.12.